The van der Waals surface area contributed by atoms with E-state index in [4.69, 9.17) is 4.52 Å². The Kier molecular flexibility index (Phi) is 5.15. The number of aryl methyl sites for hydroxylation is 2. The number of hydrogen-bond acceptors (Lipinski definition) is 6. The second kappa shape index (κ2) is 7.73. The van der Waals surface area contributed by atoms with E-state index in [0.29, 0.717) is 24.7 Å². The van der Waals surface area contributed by atoms with E-state index >= 15 is 0 Å². The second-order valence-electron chi connectivity index (χ2n) is 7.53. The van der Waals surface area contributed by atoms with Crippen LogP contribution >= 0.6 is 0 Å². The van der Waals surface area contributed by atoms with Gasteiger partial charge in [0, 0.05) is 12.6 Å². The topological polar surface area (TPSA) is 107 Å². The van der Waals surface area contributed by atoms with Crippen LogP contribution in [0.3, 0.4) is 0 Å². The van der Waals surface area contributed by atoms with E-state index in [0.717, 1.165) is 30.4 Å². The number of rotatable bonds is 5. The highest BCUT2D eigenvalue weighted by Gasteiger charge is 2.20. The zero-order valence-corrected chi connectivity index (χ0v) is 16.2. The molecule has 4 rings (SSSR count). The standard InChI is InChI=1S/C20H25N5O3/c1-12-6-16-17(7-13(12)2)23-19(22-16)9-21-20(27)18-8-15(28-24-18)11-25-5-3-4-14(26)10-25/h6-8,14,26H,3-5,9-11H2,1-2H3,(H,21,27)(H,22,23)/t14-/m0/s1. The minimum atomic E-state index is -0.304. The molecule has 3 aromatic rings. The largest absolute Gasteiger partial charge is 0.392 e. The summed E-state index contributed by atoms with van der Waals surface area (Å²) in [5, 5.41) is 16.4. The number of aromatic amines is 1. The molecule has 8 nitrogen and oxygen atoms in total. The molecule has 0 unspecified atom stereocenters. The number of likely N-dealkylation sites (tertiary alicyclic amines) is 1. The van der Waals surface area contributed by atoms with Crippen LogP contribution in [-0.2, 0) is 13.1 Å². The van der Waals surface area contributed by atoms with Crippen molar-refractivity contribution >= 4 is 16.9 Å². The van der Waals surface area contributed by atoms with Crippen molar-refractivity contribution in [1.29, 1.82) is 0 Å². The normalized spacial score (nSPS) is 17.9. The molecule has 1 saturated heterocycles. The van der Waals surface area contributed by atoms with Crippen molar-refractivity contribution in [2.45, 2.75) is 45.9 Å². The number of aliphatic hydroxyl groups is 1. The molecule has 1 aliphatic rings. The second-order valence-corrected chi connectivity index (χ2v) is 7.53. The third kappa shape index (κ3) is 4.07. The van der Waals surface area contributed by atoms with Crippen LogP contribution in [-0.4, -0.2) is 50.2 Å². The van der Waals surface area contributed by atoms with Gasteiger partial charge in [0.15, 0.2) is 11.5 Å². The number of H-pyrrole nitrogens is 1. The average Bonchev–Trinajstić information content (AvgIpc) is 3.27. The summed E-state index contributed by atoms with van der Waals surface area (Å²) in [6.45, 7) is 6.46. The van der Waals surface area contributed by atoms with Crippen molar-refractivity contribution in [2.75, 3.05) is 13.1 Å². The Morgan fingerprint density at radius 3 is 3.00 bits per heavy atom. The van der Waals surface area contributed by atoms with Gasteiger partial charge in [-0.15, -0.1) is 0 Å². The Morgan fingerprint density at radius 2 is 2.18 bits per heavy atom. The van der Waals surface area contributed by atoms with E-state index < -0.39 is 0 Å². The molecule has 1 atom stereocenters. The smallest absolute Gasteiger partial charge is 0.273 e. The van der Waals surface area contributed by atoms with Crippen LogP contribution in [0.2, 0.25) is 0 Å². The number of fused-ring (bicyclic) bond motifs is 1. The Morgan fingerprint density at radius 1 is 1.36 bits per heavy atom. The number of benzene rings is 1. The minimum absolute atomic E-state index is 0.246. The van der Waals surface area contributed by atoms with Crippen molar-refractivity contribution in [3.05, 3.63) is 46.6 Å². The molecule has 3 heterocycles. The van der Waals surface area contributed by atoms with Gasteiger partial charge in [-0.1, -0.05) is 5.16 Å². The lowest BCUT2D eigenvalue weighted by Crippen LogP contribution is -2.37. The molecule has 0 saturated carbocycles. The van der Waals surface area contributed by atoms with Crippen molar-refractivity contribution in [1.82, 2.24) is 25.3 Å². The fourth-order valence-electron chi connectivity index (χ4n) is 3.55. The SMILES string of the molecule is Cc1cc2nc(CNC(=O)c3cc(CN4CCC[C@H](O)C4)on3)[nH]c2cc1C. The number of aliphatic hydroxyl groups excluding tert-OH is 1. The maximum atomic E-state index is 12.4. The first-order valence-corrected chi connectivity index (χ1v) is 9.58. The molecular weight excluding hydrogens is 358 g/mol. The maximum absolute atomic E-state index is 12.4. The number of carbonyl (C=O) groups is 1. The number of carbonyl (C=O) groups excluding carboxylic acids is 1. The molecule has 8 heteroatoms. The molecule has 1 aliphatic heterocycles. The number of β-amino-alcohol motifs (C(OH)–C–C–N with tert-alkyl or cyclic N) is 1. The maximum Gasteiger partial charge on any atom is 0.273 e. The fraction of sp³-hybridized carbons (Fsp3) is 0.450. The van der Waals surface area contributed by atoms with Crippen LogP contribution in [0.1, 0.15) is 46.0 Å². The third-order valence-electron chi connectivity index (χ3n) is 5.21. The summed E-state index contributed by atoms with van der Waals surface area (Å²) in [6.07, 6.45) is 1.50. The lowest BCUT2D eigenvalue weighted by atomic mass is 10.1. The van der Waals surface area contributed by atoms with Crippen molar-refractivity contribution in [3.63, 3.8) is 0 Å². The van der Waals surface area contributed by atoms with E-state index in [9.17, 15) is 9.90 Å². The number of hydrogen-bond donors (Lipinski definition) is 3. The van der Waals surface area contributed by atoms with Crippen LogP contribution in [0, 0.1) is 13.8 Å². The van der Waals surface area contributed by atoms with Gasteiger partial charge in [-0.05, 0) is 56.5 Å². The predicted molar refractivity (Wildman–Crippen MR) is 104 cm³/mol. The monoisotopic (exact) mass is 383 g/mol. The molecule has 0 radical (unpaired) electrons. The van der Waals surface area contributed by atoms with Crippen molar-refractivity contribution in [3.8, 4) is 0 Å². The van der Waals surface area contributed by atoms with Crippen LogP contribution in [0.4, 0.5) is 0 Å². The van der Waals surface area contributed by atoms with Crippen LogP contribution in [0.15, 0.2) is 22.7 Å². The number of imidazole rings is 1. The van der Waals surface area contributed by atoms with Crippen LogP contribution < -0.4 is 5.32 Å². The zero-order chi connectivity index (χ0) is 19.7. The van der Waals surface area contributed by atoms with Crippen molar-refractivity contribution in [2.24, 2.45) is 0 Å². The van der Waals surface area contributed by atoms with Gasteiger partial charge in [0.2, 0.25) is 0 Å². The summed E-state index contributed by atoms with van der Waals surface area (Å²) in [5.74, 6) is 1.01. The number of piperidine rings is 1. The summed E-state index contributed by atoms with van der Waals surface area (Å²) in [6, 6.07) is 5.75. The predicted octanol–water partition coefficient (Wildman–Crippen LogP) is 2.05. The van der Waals surface area contributed by atoms with E-state index in [2.05, 4.69) is 45.3 Å². The number of amides is 1. The highest BCUT2D eigenvalue weighted by atomic mass is 16.5. The summed E-state index contributed by atoms with van der Waals surface area (Å²) in [5.41, 5.74) is 4.48. The lowest BCUT2D eigenvalue weighted by molar-refractivity contribution is 0.0622. The quantitative estimate of drug-likeness (QED) is 0.622. The van der Waals surface area contributed by atoms with Gasteiger partial charge in [-0.25, -0.2) is 4.98 Å². The number of aromatic nitrogens is 3. The Labute approximate surface area is 162 Å². The molecule has 0 spiro atoms. The molecule has 0 bridgehead atoms. The van der Waals surface area contributed by atoms with E-state index in [1.807, 2.05) is 6.07 Å². The Bertz CT molecular complexity index is 954. The van der Waals surface area contributed by atoms with Gasteiger partial charge < -0.3 is 19.9 Å². The molecular formula is C20H25N5O3. The van der Waals surface area contributed by atoms with Gasteiger partial charge in [-0.2, -0.15) is 0 Å². The highest BCUT2D eigenvalue weighted by molar-refractivity contribution is 5.92. The Hall–Kier alpha value is -2.71. The van der Waals surface area contributed by atoms with Gasteiger partial charge in [-0.3, -0.25) is 9.69 Å². The summed E-state index contributed by atoms with van der Waals surface area (Å²) in [7, 11) is 0. The van der Waals surface area contributed by atoms with Gasteiger partial charge in [0.1, 0.15) is 5.82 Å². The van der Waals surface area contributed by atoms with E-state index in [-0.39, 0.29) is 24.2 Å². The highest BCUT2D eigenvalue weighted by Crippen LogP contribution is 2.17. The molecule has 148 valence electrons. The first kappa shape index (κ1) is 18.6. The van der Waals surface area contributed by atoms with Crippen molar-refractivity contribution < 1.29 is 14.4 Å². The summed E-state index contributed by atoms with van der Waals surface area (Å²) < 4.78 is 5.29. The van der Waals surface area contributed by atoms with Crippen LogP contribution in [0.25, 0.3) is 11.0 Å². The minimum Gasteiger partial charge on any atom is -0.392 e. The fourth-order valence-corrected chi connectivity index (χ4v) is 3.55. The number of nitrogens with one attached hydrogen (secondary N) is 2. The Balaban J connectivity index is 1.36. The molecule has 1 amide bonds. The van der Waals surface area contributed by atoms with E-state index in [1.165, 1.54) is 11.1 Å². The molecule has 28 heavy (non-hydrogen) atoms. The summed E-state index contributed by atoms with van der Waals surface area (Å²) in [4.78, 5) is 22.2. The van der Waals surface area contributed by atoms with E-state index in [1.54, 1.807) is 6.07 Å². The zero-order valence-electron chi connectivity index (χ0n) is 16.2. The lowest BCUT2D eigenvalue weighted by Gasteiger charge is -2.28. The number of nitrogens with zero attached hydrogens (tertiary/aromatic N) is 3. The van der Waals surface area contributed by atoms with Gasteiger partial charge in [0.25, 0.3) is 5.91 Å². The molecule has 2 aromatic heterocycles. The first-order valence-electron chi connectivity index (χ1n) is 9.58. The van der Waals surface area contributed by atoms with Gasteiger partial charge >= 0.3 is 0 Å². The van der Waals surface area contributed by atoms with Gasteiger partial charge in [0.05, 0.1) is 30.2 Å². The average molecular weight is 383 g/mol. The molecule has 1 fully saturated rings. The first-order chi connectivity index (χ1) is 13.5. The molecule has 3 N–H and O–H groups in total. The van der Waals surface area contributed by atoms with Crippen LogP contribution in [0.5, 0.6) is 0 Å². The third-order valence-corrected chi connectivity index (χ3v) is 5.21. The molecule has 1 aromatic carbocycles. The summed E-state index contributed by atoms with van der Waals surface area (Å²) >= 11 is 0. The molecule has 0 aliphatic carbocycles.